The quantitative estimate of drug-likeness (QED) is 0.562. The molecule has 3 rings (SSSR count). The third-order valence-corrected chi connectivity index (χ3v) is 4.98. The van der Waals surface area contributed by atoms with Crippen LogP contribution in [0.5, 0.6) is 0 Å². The number of allylic oxidation sites excluding steroid dienone is 1. The molecule has 1 heterocycles. The second kappa shape index (κ2) is 8.31. The maximum atomic E-state index is 12.3. The smallest absolute Gasteiger partial charge is 0.185 e. The Bertz CT molecular complexity index is 784. The Kier molecular flexibility index (Phi) is 5.88. The Morgan fingerprint density at radius 2 is 2.04 bits per heavy atom. The Morgan fingerprint density at radius 3 is 2.75 bits per heavy atom. The van der Waals surface area contributed by atoms with Crippen molar-refractivity contribution in [2.24, 2.45) is 4.99 Å². The molecule has 3 nitrogen and oxygen atoms in total. The molecule has 1 aliphatic rings. The van der Waals surface area contributed by atoms with E-state index in [-0.39, 0.29) is 5.78 Å². The maximum absolute atomic E-state index is 12.3. The summed E-state index contributed by atoms with van der Waals surface area (Å²) in [5.41, 5.74) is 2.61. The van der Waals surface area contributed by atoms with Gasteiger partial charge >= 0.3 is 0 Å². The van der Waals surface area contributed by atoms with E-state index in [0.717, 1.165) is 39.6 Å². The number of rotatable bonds is 4. The summed E-state index contributed by atoms with van der Waals surface area (Å²) in [4.78, 5) is 16.7. The molecule has 24 heavy (non-hydrogen) atoms. The van der Waals surface area contributed by atoms with E-state index in [4.69, 9.17) is 0 Å². The predicted molar refractivity (Wildman–Crippen MR) is 107 cm³/mol. The van der Waals surface area contributed by atoms with Crippen LogP contribution in [0.1, 0.15) is 22.3 Å². The van der Waals surface area contributed by atoms with Crippen molar-refractivity contribution in [3.05, 3.63) is 70.2 Å². The average Bonchev–Trinajstić information content (AvgIpc) is 2.61. The van der Waals surface area contributed by atoms with Gasteiger partial charge in [0.2, 0.25) is 0 Å². The molecule has 0 aromatic heterocycles. The zero-order valence-corrected chi connectivity index (χ0v) is 15.4. The Hall–Kier alpha value is -1.85. The highest BCUT2D eigenvalue weighted by atomic mass is 79.9. The first-order chi connectivity index (χ1) is 11.7. The van der Waals surface area contributed by atoms with E-state index < -0.39 is 0 Å². The molecular formula is C19H17BrN2OS. The van der Waals surface area contributed by atoms with Gasteiger partial charge in [0.1, 0.15) is 0 Å². The molecule has 0 amide bonds. The number of anilines is 1. The van der Waals surface area contributed by atoms with Gasteiger partial charge in [-0.15, -0.1) is 0 Å². The van der Waals surface area contributed by atoms with E-state index >= 15 is 0 Å². The number of hydrogen-bond donors (Lipinski definition) is 1. The summed E-state index contributed by atoms with van der Waals surface area (Å²) >= 11 is 5.16. The van der Waals surface area contributed by atoms with Crippen molar-refractivity contribution in [1.29, 1.82) is 0 Å². The minimum absolute atomic E-state index is 0.00842. The molecule has 2 aromatic carbocycles. The minimum atomic E-state index is -0.00842. The van der Waals surface area contributed by atoms with Gasteiger partial charge in [-0.05, 0) is 54.5 Å². The monoisotopic (exact) mass is 400 g/mol. The van der Waals surface area contributed by atoms with Crippen LogP contribution >= 0.6 is 27.7 Å². The molecule has 0 fully saturated rings. The van der Waals surface area contributed by atoms with Crippen molar-refractivity contribution in [1.82, 2.24) is 0 Å². The molecule has 5 heteroatoms. The lowest BCUT2D eigenvalue weighted by Gasteiger charge is -2.13. The zero-order valence-electron chi connectivity index (χ0n) is 13.0. The molecule has 122 valence electrons. The van der Waals surface area contributed by atoms with E-state index in [9.17, 15) is 4.79 Å². The fraction of sp³-hybridized carbons (Fsp3) is 0.158. The number of carbonyl (C=O) groups excluding carboxylic acids is 1. The standard InChI is InChI=1S/C19H17BrN2OS/c20-16-4-1-3-14(13-16)5-10-18(23)15-6-8-17(9-7-15)22-19-21-11-2-12-24-19/h1,3-10,13H,2,11-12H2,(H,21,22)/b10-5+. The fourth-order valence-electron chi connectivity index (χ4n) is 2.25. The van der Waals surface area contributed by atoms with Gasteiger partial charge in [-0.25, -0.2) is 0 Å². The number of hydrogen-bond acceptors (Lipinski definition) is 4. The second-order valence-corrected chi connectivity index (χ2v) is 7.34. The molecule has 0 aliphatic carbocycles. The number of thioether (sulfide) groups is 1. The van der Waals surface area contributed by atoms with Gasteiger partial charge in [0.05, 0.1) is 0 Å². The topological polar surface area (TPSA) is 41.5 Å². The summed E-state index contributed by atoms with van der Waals surface area (Å²) in [6.45, 7) is 0.881. The first-order valence-electron chi connectivity index (χ1n) is 7.73. The van der Waals surface area contributed by atoms with E-state index in [1.165, 1.54) is 0 Å². The highest BCUT2D eigenvalue weighted by Gasteiger charge is 2.07. The second-order valence-electron chi connectivity index (χ2n) is 5.34. The van der Waals surface area contributed by atoms with Crippen molar-refractivity contribution >= 4 is 50.4 Å². The fourth-order valence-corrected chi connectivity index (χ4v) is 3.51. The summed E-state index contributed by atoms with van der Waals surface area (Å²) in [7, 11) is 0. The molecule has 0 spiro atoms. The zero-order chi connectivity index (χ0) is 16.8. The van der Waals surface area contributed by atoms with Crippen LogP contribution in [-0.2, 0) is 0 Å². The largest absolute Gasteiger partial charge is 0.335 e. The molecule has 0 bridgehead atoms. The van der Waals surface area contributed by atoms with Crippen LogP contribution in [0, 0.1) is 0 Å². The van der Waals surface area contributed by atoms with Crippen LogP contribution in [-0.4, -0.2) is 23.2 Å². The maximum Gasteiger partial charge on any atom is 0.185 e. The van der Waals surface area contributed by atoms with Gasteiger partial charge in [0.25, 0.3) is 0 Å². The van der Waals surface area contributed by atoms with E-state index in [1.54, 1.807) is 17.8 Å². The minimum Gasteiger partial charge on any atom is -0.335 e. The lowest BCUT2D eigenvalue weighted by atomic mass is 10.1. The molecule has 0 saturated heterocycles. The van der Waals surface area contributed by atoms with Gasteiger partial charge in [-0.3, -0.25) is 9.79 Å². The Labute approximate surface area is 154 Å². The van der Waals surface area contributed by atoms with Crippen LogP contribution in [0.4, 0.5) is 5.69 Å². The molecule has 0 atom stereocenters. The van der Waals surface area contributed by atoms with E-state index in [1.807, 2.05) is 54.6 Å². The summed E-state index contributed by atoms with van der Waals surface area (Å²) in [5, 5.41) is 4.24. The van der Waals surface area contributed by atoms with Crippen LogP contribution in [0.2, 0.25) is 0 Å². The van der Waals surface area contributed by atoms with Gasteiger partial charge in [-0.1, -0.05) is 45.9 Å². The highest BCUT2D eigenvalue weighted by molar-refractivity contribution is 9.10. The molecule has 2 aromatic rings. The molecule has 0 saturated carbocycles. The SMILES string of the molecule is O=C(/C=C/c1cccc(Br)c1)c1ccc(NC2=NCCCS2)cc1. The van der Waals surface area contributed by atoms with Crippen molar-refractivity contribution in [3.63, 3.8) is 0 Å². The molecule has 0 unspecified atom stereocenters. The summed E-state index contributed by atoms with van der Waals surface area (Å²) < 4.78 is 0.996. The number of carbonyl (C=O) groups is 1. The normalized spacial score (nSPS) is 14.5. The van der Waals surface area contributed by atoms with Crippen molar-refractivity contribution < 1.29 is 4.79 Å². The molecule has 0 radical (unpaired) electrons. The Morgan fingerprint density at radius 1 is 1.21 bits per heavy atom. The number of nitrogens with one attached hydrogen (secondary N) is 1. The highest BCUT2D eigenvalue weighted by Crippen LogP contribution is 2.17. The average molecular weight is 401 g/mol. The van der Waals surface area contributed by atoms with Crippen LogP contribution in [0.3, 0.4) is 0 Å². The van der Waals surface area contributed by atoms with E-state index in [2.05, 4.69) is 26.2 Å². The Balaban J connectivity index is 1.64. The van der Waals surface area contributed by atoms with Crippen molar-refractivity contribution in [3.8, 4) is 0 Å². The van der Waals surface area contributed by atoms with Crippen molar-refractivity contribution in [2.45, 2.75) is 6.42 Å². The predicted octanol–water partition coefficient (Wildman–Crippen LogP) is 5.25. The summed E-state index contributed by atoms with van der Waals surface area (Å²) in [5.74, 6) is 1.09. The number of nitrogens with zero attached hydrogens (tertiary/aromatic N) is 1. The van der Waals surface area contributed by atoms with Gasteiger partial charge in [0, 0.05) is 28.0 Å². The third-order valence-electron chi connectivity index (χ3n) is 3.49. The lowest BCUT2D eigenvalue weighted by Crippen LogP contribution is -2.13. The molecule has 1 N–H and O–H groups in total. The number of halogens is 1. The summed E-state index contributed by atoms with van der Waals surface area (Å²) in [6, 6.07) is 15.3. The van der Waals surface area contributed by atoms with Crippen LogP contribution in [0.25, 0.3) is 6.08 Å². The van der Waals surface area contributed by atoms with Crippen LogP contribution in [0.15, 0.2) is 64.1 Å². The first kappa shape index (κ1) is 17.0. The summed E-state index contributed by atoms with van der Waals surface area (Å²) in [6.07, 6.45) is 4.56. The number of benzene rings is 2. The lowest BCUT2D eigenvalue weighted by molar-refractivity contribution is 0.104. The van der Waals surface area contributed by atoms with Gasteiger partial charge < -0.3 is 5.32 Å². The first-order valence-corrected chi connectivity index (χ1v) is 9.51. The molecule has 1 aliphatic heterocycles. The van der Waals surface area contributed by atoms with Crippen LogP contribution < -0.4 is 5.32 Å². The number of aliphatic imine (C=N–C) groups is 1. The number of amidine groups is 1. The van der Waals surface area contributed by atoms with Gasteiger partial charge in [0.15, 0.2) is 11.0 Å². The van der Waals surface area contributed by atoms with Crippen molar-refractivity contribution in [2.75, 3.05) is 17.6 Å². The van der Waals surface area contributed by atoms with Gasteiger partial charge in [-0.2, -0.15) is 0 Å². The third kappa shape index (κ3) is 4.82. The number of ketones is 1. The van der Waals surface area contributed by atoms with E-state index in [0.29, 0.717) is 5.56 Å². The molecular weight excluding hydrogens is 384 g/mol.